The van der Waals surface area contributed by atoms with Gasteiger partial charge in [-0.05, 0) is 36.4 Å². The Morgan fingerprint density at radius 2 is 0.885 bits per heavy atom. The second kappa shape index (κ2) is 19.8. The van der Waals surface area contributed by atoms with Crippen LogP contribution >= 0.6 is 0 Å². The fourth-order valence-electron chi connectivity index (χ4n) is 9.51. The first-order valence-electron chi connectivity index (χ1n) is 20.6. The summed E-state index contributed by atoms with van der Waals surface area (Å²) in [4.78, 5) is 70.1. The molecule has 0 bridgehead atoms. The van der Waals surface area contributed by atoms with Crippen molar-refractivity contribution in [2.45, 2.75) is 75.1 Å². The molecule has 3 heterocycles. The van der Waals surface area contributed by atoms with E-state index in [-0.39, 0.29) is 90.9 Å². The Balaban J connectivity index is 0.000000138. The highest BCUT2D eigenvalue weighted by atomic mass is 19.1. The van der Waals surface area contributed by atoms with Crippen molar-refractivity contribution < 1.29 is 71.4 Å². The van der Waals surface area contributed by atoms with Crippen molar-refractivity contribution in [1.29, 1.82) is 0 Å². The number of carbonyl (C=O) groups is 6. The zero-order valence-electron chi connectivity index (χ0n) is 33.6. The Labute approximate surface area is 351 Å². The maximum atomic E-state index is 13.2. The molecule has 14 nitrogen and oxygen atoms in total. The highest BCUT2D eigenvalue weighted by molar-refractivity contribution is 5.90. The largest absolute Gasteiger partial charge is 0.462 e. The third-order valence-electron chi connectivity index (χ3n) is 12.5. The lowest BCUT2D eigenvalue weighted by atomic mass is 9.93. The van der Waals surface area contributed by atoms with Crippen LogP contribution < -0.4 is 0 Å². The highest BCUT2D eigenvalue weighted by Crippen LogP contribution is 2.45. The smallest absolute Gasteiger partial charge is 0.338 e. The molecule has 0 radical (unpaired) electrons. The van der Waals surface area contributed by atoms with Crippen LogP contribution in [0.2, 0.25) is 0 Å². The van der Waals surface area contributed by atoms with Gasteiger partial charge in [0.25, 0.3) is 0 Å². The number of carbonyl (C=O) groups excluding carboxylic acids is 6. The normalized spacial score (nSPS) is 31.4. The van der Waals surface area contributed by atoms with Gasteiger partial charge in [0.2, 0.25) is 0 Å². The lowest BCUT2D eigenvalue weighted by molar-refractivity contribution is -0.143. The van der Waals surface area contributed by atoms with Crippen LogP contribution in [0.4, 0.5) is 4.39 Å². The van der Waals surface area contributed by atoms with Gasteiger partial charge in [-0.15, -0.1) is 0 Å². The Bertz CT molecular complexity index is 1920. The monoisotopic (exact) mass is 844 g/mol. The summed E-state index contributed by atoms with van der Waals surface area (Å²) < 4.78 is 50.6. The summed E-state index contributed by atoms with van der Waals surface area (Å²) in [7, 11) is 1.61. The molecule has 3 saturated carbocycles. The molecule has 12 atom stereocenters. The molecule has 6 aliphatic rings. The van der Waals surface area contributed by atoms with Crippen molar-refractivity contribution in [3.05, 3.63) is 108 Å². The second-order valence-corrected chi connectivity index (χ2v) is 16.1. The molecule has 0 aromatic heterocycles. The quantitative estimate of drug-likeness (QED) is 0.210. The van der Waals surface area contributed by atoms with Crippen molar-refractivity contribution >= 4 is 35.8 Å². The molecule has 3 aliphatic carbocycles. The number of ether oxygens (including phenoxy) is 7. The van der Waals surface area contributed by atoms with E-state index in [9.17, 15) is 38.3 Å². The van der Waals surface area contributed by atoms with E-state index in [0.717, 1.165) is 0 Å². The first-order valence-corrected chi connectivity index (χ1v) is 20.6. The van der Waals surface area contributed by atoms with Crippen LogP contribution in [0.3, 0.4) is 0 Å². The molecular weight excluding hydrogens is 795 g/mol. The highest BCUT2D eigenvalue weighted by Gasteiger charge is 2.54. The number of aliphatic hydroxyl groups is 1. The van der Waals surface area contributed by atoms with Gasteiger partial charge in [-0.3, -0.25) is 18.8 Å². The average Bonchev–Trinajstić information content (AvgIpc) is 4.10. The minimum atomic E-state index is -0.607. The molecule has 0 spiro atoms. The third kappa shape index (κ3) is 10.1. The van der Waals surface area contributed by atoms with Crippen molar-refractivity contribution in [2.75, 3.05) is 27.0 Å². The summed E-state index contributed by atoms with van der Waals surface area (Å²) in [5, 5.41) is 9.50. The van der Waals surface area contributed by atoms with E-state index < -0.39 is 36.7 Å². The molecule has 1 N–H and O–H groups in total. The van der Waals surface area contributed by atoms with E-state index in [1.807, 2.05) is 12.1 Å². The van der Waals surface area contributed by atoms with Gasteiger partial charge in [0.05, 0.1) is 49.2 Å². The van der Waals surface area contributed by atoms with E-state index in [1.165, 1.54) is 0 Å². The van der Waals surface area contributed by atoms with E-state index in [1.54, 1.807) is 86.0 Å². The molecule has 0 amide bonds. The van der Waals surface area contributed by atoms with Crippen molar-refractivity contribution in [3.63, 3.8) is 0 Å². The minimum absolute atomic E-state index is 0.0131. The van der Waals surface area contributed by atoms with Gasteiger partial charge < -0.3 is 38.3 Å². The number of hydrogen-bond acceptors (Lipinski definition) is 14. The SMILES string of the molecule is COC[C@@H]1[C@H]2CC(=O)O[C@H]2C[C@H]1OC(=O)c1ccccc1.O=C1C[C@@H]2[C@@H](CF)[C@H](OC(=O)c3ccccc3)C[C@@H]2O1.O=C1C[C@@H]2[C@@H](CO)[C@H](OC(=O)c3ccccc3)C[C@@H]2O1. The molecule has 3 aromatic rings. The van der Waals surface area contributed by atoms with Crippen LogP contribution in [0, 0.1) is 35.5 Å². The minimum Gasteiger partial charge on any atom is -0.462 e. The van der Waals surface area contributed by atoms with Gasteiger partial charge in [-0.2, -0.15) is 0 Å². The fraction of sp³-hybridized carbons (Fsp3) is 0.478. The molecule has 324 valence electrons. The maximum Gasteiger partial charge on any atom is 0.338 e. The number of rotatable bonds is 10. The van der Waals surface area contributed by atoms with Crippen molar-refractivity contribution in [1.82, 2.24) is 0 Å². The first kappa shape index (κ1) is 43.4. The molecular formula is C46H49FO14. The standard InChI is InChI=1S/C16H18O5.C15H15FO4.C15H16O5/c1-19-9-12-11-7-15(17)20-13(11)8-14(12)21-16(18)10-5-3-2-4-6-10;2*16-8-11-10-6-14(17)19-12(10)7-13(11)20-15(18)9-4-2-1-3-5-9/h2-6,11-14H,7-9H2,1H3;1-5,10-13H,6-8H2;1-5,10-13,16H,6-8H2/t11-,12-,13+,14-;2*10-,11-,12+,13-/m111/s1. The molecule has 3 aliphatic heterocycles. The van der Waals surface area contributed by atoms with Crippen LogP contribution in [0.1, 0.15) is 69.6 Å². The zero-order chi connectivity index (χ0) is 43.0. The number of aliphatic hydroxyl groups excluding tert-OH is 1. The van der Waals surface area contributed by atoms with Crippen LogP contribution in [-0.2, 0) is 47.5 Å². The predicted molar refractivity (Wildman–Crippen MR) is 210 cm³/mol. The summed E-state index contributed by atoms with van der Waals surface area (Å²) >= 11 is 0. The topological polar surface area (TPSA) is 187 Å². The number of halogens is 1. The van der Waals surface area contributed by atoms with E-state index >= 15 is 0 Å². The van der Waals surface area contributed by atoms with Gasteiger partial charge in [-0.1, -0.05) is 54.6 Å². The Kier molecular flexibility index (Phi) is 14.1. The number of methoxy groups -OCH3 is 1. The Hall–Kier alpha value is -5.67. The number of fused-ring (bicyclic) bond motifs is 3. The lowest BCUT2D eigenvalue weighted by Crippen LogP contribution is -2.29. The first-order chi connectivity index (χ1) is 29.6. The van der Waals surface area contributed by atoms with Crippen LogP contribution in [0.15, 0.2) is 91.0 Å². The Morgan fingerprint density at radius 3 is 1.23 bits per heavy atom. The van der Waals surface area contributed by atoms with Crippen LogP contribution in [-0.4, -0.2) is 105 Å². The van der Waals surface area contributed by atoms with Crippen molar-refractivity contribution in [3.8, 4) is 0 Å². The van der Waals surface area contributed by atoms with Gasteiger partial charge in [0, 0.05) is 68.5 Å². The number of alkyl halides is 1. The van der Waals surface area contributed by atoms with Gasteiger partial charge in [0.15, 0.2) is 0 Å². The lowest BCUT2D eigenvalue weighted by Gasteiger charge is -2.22. The molecule has 61 heavy (non-hydrogen) atoms. The van der Waals surface area contributed by atoms with Gasteiger partial charge >= 0.3 is 35.8 Å². The summed E-state index contributed by atoms with van der Waals surface area (Å²) in [6.45, 7) is -0.250. The average molecular weight is 845 g/mol. The second-order valence-electron chi connectivity index (χ2n) is 16.1. The summed E-state index contributed by atoms with van der Waals surface area (Å²) in [5.41, 5.74) is 1.46. The maximum absolute atomic E-state index is 13.2. The van der Waals surface area contributed by atoms with Gasteiger partial charge in [0.1, 0.15) is 36.6 Å². The number of benzene rings is 3. The number of hydrogen-bond donors (Lipinski definition) is 1. The summed E-state index contributed by atoms with van der Waals surface area (Å²) in [5.74, 6) is -2.66. The molecule has 3 aromatic carbocycles. The van der Waals surface area contributed by atoms with E-state index in [2.05, 4.69) is 0 Å². The molecule has 9 rings (SSSR count). The van der Waals surface area contributed by atoms with Crippen molar-refractivity contribution in [2.24, 2.45) is 35.5 Å². The summed E-state index contributed by atoms with van der Waals surface area (Å²) in [6, 6.07) is 26.2. The third-order valence-corrected chi connectivity index (χ3v) is 12.5. The molecule has 3 saturated heterocycles. The van der Waals surface area contributed by atoms with Crippen LogP contribution in [0.25, 0.3) is 0 Å². The molecule has 15 heteroatoms. The molecule has 6 fully saturated rings. The number of esters is 6. The van der Waals surface area contributed by atoms with E-state index in [4.69, 9.17) is 33.2 Å². The summed E-state index contributed by atoms with van der Waals surface area (Å²) in [6.07, 6.45) is 0.474. The predicted octanol–water partition coefficient (Wildman–Crippen LogP) is 5.10. The van der Waals surface area contributed by atoms with Gasteiger partial charge in [-0.25, -0.2) is 14.4 Å². The van der Waals surface area contributed by atoms with Crippen LogP contribution in [0.5, 0.6) is 0 Å². The van der Waals surface area contributed by atoms with E-state index in [0.29, 0.717) is 55.4 Å². The Morgan fingerprint density at radius 1 is 0.557 bits per heavy atom. The zero-order valence-corrected chi connectivity index (χ0v) is 33.6. The fourth-order valence-corrected chi connectivity index (χ4v) is 9.51. The molecule has 0 unspecified atom stereocenters.